The number of hydrogen-bond acceptors (Lipinski definition) is 7. The van der Waals surface area contributed by atoms with Crippen molar-refractivity contribution in [2.24, 2.45) is 5.92 Å². The smallest absolute Gasteiger partial charge is 0.257 e. The standard InChI is InChI=1S/C26H26N4O4/c1-18-24(33-15-20-10-6-3-7-11-20)22(16-32-14-19-8-4-2-5-9-19)34-26(18,31)23-13-12-21-25(27)28-17-29-30(21)23/h2-13,16-18,24,31H,14-15H2,1H3,(H2,27,28,29)/b22-16+/t18-,24-,26?/m0/s1. The minimum Gasteiger partial charge on any atom is -0.493 e. The van der Waals surface area contributed by atoms with E-state index in [9.17, 15) is 5.11 Å². The first kappa shape index (κ1) is 21.9. The highest BCUT2D eigenvalue weighted by molar-refractivity contribution is 5.65. The number of nitrogens with zero attached hydrogens (tertiary/aromatic N) is 3. The molecule has 1 aliphatic rings. The van der Waals surface area contributed by atoms with Gasteiger partial charge in [-0.3, -0.25) is 0 Å². The molecule has 1 fully saturated rings. The summed E-state index contributed by atoms with van der Waals surface area (Å²) in [6.07, 6.45) is 2.32. The number of nitrogen functional groups attached to an aromatic ring is 1. The van der Waals surface area contributed by atoms with E-state index in [1.807, 2.05) is 67.6 Å². The molecule has 2 aromatic carbocycles. The Bertz CT molecular complexity index is 1290. The predicted molar refractivity (Wildman–Crippen MR) is 126 cm³/mol. The quantitative estimate of drug-likeness (QED) is 0.406. The van der Waals surface area contributed by atoms with Gasteiger partial charge in [0, 0.05) is 0 Å². The van der Waals surface area contributed by atoms with Crippen LogP contribution in [-0.4, -0.2) is 25.8 Å². The molecule has 2 aromatic heterocycles. The average Bonchev–Trinajstić information content (AvgIpc) is 3.40. The van der Waals surface area contributed by atoms with Crippen molar-refractivity contribution in [3.8, 4) is 0 Å². The number of benzene rings is 2. The fourth-order valence-corrected chi connectivity index (χ4v) is 4.16. The highest BCUT2D eigenvalue weighted by Gasteiger charge is 2.54. The summed E-state index contributed by atoms with van der Waals surface area (Å²) in [6.45, 7) is 2.59. The minimum atomic E-state index is -1.71. The SMILES string of the molecule is C[C@H]1[C@H](OCc2ccccc2)/C(=C\OCc2ccccc2)OC1(O)c1ccc2c(N)ncnn12. The summed E-state index contributed by atoms with van der Waals surface area (Å²) in [5.41, 5.74) is 9.04. The zero-order valence-corrected chi connectivity index (χ0v) is 18.7. The lowest BCUT2D eigenvalue weighted by Crippen LogP contribution is -2.36. The second-order valence-electron chi connectivity index (χ2n) is 8.28. The lowest BCUT2D eigenvalue weighted by molar-refractivity contribution is -0.194. The summed E-state index contributed by atoms with van der Waals surface area (Å²) in [5.74, 6) is -1.47. The molecule has 3 N–H and O–H groups in total. The number of nitrogens with two attached hydrogens (primary N) is 1. The Morgan fingerprint density at radius 3 is 2.41 bits per heavy atom. The van der Waals surface area contributed by atoms with Crippen LogP contribution in [0.5, 0.6) is 0 Å². The number of aliphatic hydroxyl groups is 1. The minimum absolute atomic E-state index is 0.314. The van der Waals surface area contributed by atoms with Gasteiger partial charge in [0.15, 0.2) is 11.6 Å². The van der Waals surface area contributed by atoms with Crippen LogP contribution in [0.4, 0.5) is 5.82 Å². The summed E-state index contributed by atoms with van der Waals surface area (Å²) in [6, 6.07) is 23.2. The highest BCUT2D eigenvalue weighted by atomic mass is 16.7. The van der Waals surface area contributed by atoms with Gasteiger partial charge < -0.3 is 25.1 Å². The molecule has 1 saturated heterocycles. The van der Waals surface area contributed by atoms with Gasteiger partial charge in [0.05, 0.1) is 12.5 Å². The Balaban J connectivity index is 1.45. The Labute approximate surface area is 197 Å². The van der Waals surface area contributed by atoms with Gasteiger partial charge in [0.25, 0.3) is 5.79 Å². The van der Waals surface area contributed by atoms with Crippen molar-refractivity contribution in [1.82, 2.24) is 14.6 Å². The Morgan fingerprint density at radius 2 is 1.71 bits per heavy atom. The fourth-order valence-electron chi connectivity index (χ4n) is 4.16. The number of aromatic nitrogens is 3. The van der Waals surface area contributed by atoms with Crippen molar-refractivity contribution >= 4 is 11.3 Å². The highest BCUT2D eigenvalue weighted by Crippen LogP contribution is 2.46. The lowest BCUT2D eigenvalue weighted by atomic mass is 9.94. The molecule has 0 radical (unpaired) electrons. The molecule has 1 aliphatic heterocycles. The summed E-state index contributed by atoms with van der Waals surface area (Å²) < 4.78 is 19.7. The Kier molecular flexibility index (Phi) is 5.91. The molecule has 0 aliphatic carbocycles. The van der Waals surface area contributed by atoms with Gasteiger partial charge in [0.2, 0.25) is 0 Å². The van der Waals surface area contributed by atoms with Gasteiger partial charge in [-0.2, -0.15) is 5.10 Å². The van der Waals surface area contributed by atoms with Crippen LogP contribution in [0.1, 0.15) is 23.7 Å². The molecule has 4 aromatic rings. The fraction of sp³-hybridized carbons (Fsp3) is 0.231. The number of anilines is 1. The summed E-state index contributed by atoms with van der Waals surface area (Å²) in [5, 5.41) is 16.0. The van der Waals surface area contributed by atoms with Crippen LogP contribution in [0.2, 0.25) is 0 Å². The third-order valence-electron chi connectivity index (χ3n) is 6.04. The molecule has 8 nitrogen and oxygen atoms in total. The van der Waals surface area contributed by atoms with Crippen molar-refractivity contribution in [2.75, 3.05) is 5.73 Å². The maximum Gasteiger partial charge on any atom is 0.257 e. The molecule has 1 unspecified atom stereocenters. The monoisotopic (exact) mass is 458 g/mol. The van der Waals surface area contributed by atoms with Crippen molar-refractivity contribution in [3.63, 3.8) is 0 Å². The van der Waals surface area contributed by atoms with Gasteiger partial charge in [-0.1, -0.05) is 67.6 Å². The van der Waals surface area contributed by atoms with Crippen LogP contribution in [0.3, 0.4) is 0 Å². The molecule has 5 rings (SSSR count). The van der Waals surface area contributed by atoms with E-state index in [0.29, 0.717) is 36.0 Å². The largest absolute Gasteiger partial charge is 0.493 e. The van der Waals surface area contributed by atoms with E-state index in [1.165, 1.54) is 12.6 Å². The molecule has 0 bridgehead atoms. The third kappa shape index (κ3) is 4.09. The van der Waals surface area contributed by atoms with Crippen LogP contribution in [0.15, 0.2) is 91.1 Å². The third-order valence-corrected chi connectivity index (χ3v) is 6.04. The van der Waals surface area contributed by atoms with Gasteiger partial charge in [-0.05, 0) is 23.3 Å². The summed E-state index contributed by atoms with van der Waals surface area (Å²) >= 11 is 0. The molecule has 0 amide bonds. The maximum atomic E-state index is 11.7. The van der Waals surface area contributed by atoms with Crippen molar-refractivity contribution in [1.29, 1.82) is 0 Å². The van der Waals surface area contributed by atoms with Crippen molar-refractivity contribution in [2.45, 2.75) is 32.0 Å². The predicted octanol–water partition coefficient (Wildman–Crippen LogP) is 3.77. The molecule has 0 spiro atoms. The van der Waals surface area contributed by atoms with Crippen LogP contribution in [0, 0.1) is 5.92 Å². The van der Waals surface area contributed by atoms with Crippen molar-refractivity contribution < 1.29 is 19.3 Å². The van der Waals surface area contributed by atoms with Gasteiger partial charge in [0.1, 0.15) is 36.5 Å². The van der Waals surface area contributed by atoms with Gasteiger partial charge in [-0.25, -0.2) is 9.50 Å². The summed E-state index contributed by atoms with van der Waals surface area (Å²) in [4.78, 5) is 4.02. The molecule has 34 heavy (non-hydrogen) atoms. The van der Waals surface area contributed by atoms with E-state index in [2.05, 4.69) is 10.1 Å². The van der Waals surface area contributed by atoms with E-state index in [4.69, 9.17) is 19.9 Å². The molecule has 3 atom stereocenters. The molecular formula is C26H26N4O4. The number of fused-ring (bicyclic) bond motifs is 1. The normalized spacial score (nSPS) is 23.3. The van der Waals surface area contributed by atoms with E-state index in [-0.39, 0.29) is 0 Å². The second-order valence-corrected chi connectivity index (χ2v) is 8.28. The Hall–Kier alpha value is -3.88. The molecule has 174 valence electrons. The van der Waals surface area contributed by atoms with E-state index in [1.54, 1.807) is 16.6 Å². The number of hydrogen-bond donors (Lipinski definition) is 2. The zero-order chi connectivity index (χ0) is 23.5. The molecular weight excluding hydrogens is 432 g/mol. The van der Waals surface area contributed by atoms with Crippen molar-refractivity contribution in [3.05, 3.63) is 108 Å². The first-order valence-electron chi connectivity index (χ1n) is 11.1. The lowest BCUT2D eigenvalue weighted by Gasteiger charge is -2.26. The molecule has 3 heterocycles. The van der Waals surface area contributed by atoms with Crippen LogP contribution in [0.25, 0.3) is 5.52 Å². The number of ether oxygens (including phenoxy) is 3. The van der Waals surface area contributed by atoms with E-state index < -0.39 is 17.8 Å². The van der Waals surface area contributed by atoms with E-state index in [0.717, 1.165) is 11.1 Å². The summed E-state index contributed by atoms with van der Waals surface area (Å²) in [7, 11) is 0. The first-order chi connectivity index (χ1) is 16.6. The molecule has 0 saturated carbocycles. The molecule has 8 heteroatoms. The number of rotatable bonds is 7. The topological polar surface area (TPSA) is 104 Å². The average molecular weight is 459 g/mol. The Morgan fingerprint density at radius 1 is 1.03 bits per heavy atom. The maximum absolute atomic E-state index is 11.7. The van der Waals surface area contributed by atoms with Crippen LogP contribution >= 0.6 is 0 Å². The van der Waals surface area contributed by atoms with Gasteiger partial charge in [-0.15, -0.1) is 0 Å². The van der Waals surface area contributed by atoms with E-state index >= 15 is 0 Å². The zero-order valence-electron chi connectivity index (χ0n) is 18.7. The van der Waals surface area contributed by atoms with Crippen LogP contribution < -0.4 is 5.73 Å². The van der Waals surface area contributed by atoms with Gasteiger partial charge >= 0.3 is 0 Å². The second kappa shape index (κ2) is 9.17. The first-order valence-corrected chi connectivity index (χ1v) is 11.1. The van der Waals surface area contributed by atoms with Crippen LogP contribution in [-0.2, 0) is 33.2 Å².